The van der Waals surface area contributed by atoms with E-state index in [1.54, 1.807) is 11.3 Å². The predicted molar refractivity (Wildman–Crippen MR) is 119 cm³/mol. The van der Waals surface area contributed by atoms with Crippen molar-refractivity contribution in [2.45, 2.75) is 12.6 Å². The number of nitrogens with zero attached hydrogens (tertiary/aromatic N) is 2. The molecular weight excluding hydrogens is 382 g/mol. The van der Waals surface area contributed by atoms with Gasteiger partial charge in [-0.1, -0.05) is 30.3 Å². The summed E-state index contributed by atoms with van der Waals surface area (Å²) in [4.78, 5) is 29.0. The molecule has 4 rings (SSSR count). The Kier molecular flexibility index (Phi) is 5.47. The highest BCUT2D eigenvalue weighted by atomic mass is 32.1. The van der Waals surface area contributed by atoms with Crippen LogP contribution in [0.4, 0.5) is 0 Å². The number of carbonyl (C=O) groups is 1. The fourth-order valence-corrected chi connectivity index (χ4v) is 4.60. The minimum atomic E-state index is -0.0765. The van der Waals surface area contributed by atoms with Crippen molar-refractivity contribution in [2.75, 3.05) is 20.6 Å². The van der Waals surface area contributed by atoms with Crippen LogP contribution in [0.2, 0.25) is 0 Å². The van der Waals surface area contributed by atoms with Gasteiger partial charge in [-0.25, -0.2) is 0 Å². The molecule has 1 atom stereocenters. The Hall–Kier alpha value is -2.96. The van der Waals surface area contributed by atoms with Crippen LogP contribution in [0, 0.1) is 0 Å². The predicted octanol–water partition coefficient (Wildman–Crippen LogP) is 3.64. The number of hydrogen-bond donors (Lipinski definition) is 1. The van der Waals surface area contributed by atoms with Crippen molar-refractivity contribution in [1.82, 2.24) is 14.8 Å². The van der Waals surface area contributed by atoms with Crippen LogP contribution >= 0.6 is 11.3 Å². The molecule has 4 aromatic rings. The zero-order chi connectivity index (χ0) is 20.4. The van der Waals surface area contributed by atoms with Gasteiger partial charge in [-0.05, 0) is 49.8 Å². The Balaban J connectivity index is 1.64. The van der Waals surface area contributed by atoms with Crippen LogP contribution in [0.25, 0.3) is 21.8 Å². The van der Waals surface area contributed by atoms with Crippen molar-refractivity contribution in [3.8, 4) is 0 Å². The Labute approximate surface area is 173 Å². The van der Waals surface area contributed by atoms with Gasteiger partial charge in [0.2, 0.25) is 5.91 Å². The van der Waals surface area contributed by atoms with E-state index in [4.69, 9.17) is 0 Å². The van der Waals surface area contributed by atoms with Gasteiger partial charge in [0.15, 0.2) is 5.43 Å². The lowest BCUT2D eigenvalue weighted by atomic mass is 10.1. The number of para-hydroxylation sites is 2. The Morgan fingerprint density at radius 1 is 1.00 bits per heavy atom. The lowest BCUT2D eigenvalue weighted by Gasteiger charge is -2.24. The van der Waals surface area contributed by atoms with Crippen LogP contribution < -0.4 is 10.7 Å². The molecule has 6 heteroatoms. The van der Waals surface area contributed by atoms with Gasteiger partial charge >= 0.3 is 0 Å². The molecule has 0 bridgehead atoms. The second-order valence-electron chi connectivity index (χ2n) is 7.25. The highest BCUT2D eigenvalue weighted by Gasteiger charge is 2.17. The van der Waals surface area contributed by atoms with E-state index < -0.39 is 0 Å². The van der Waals surface area contributed by atoms with E-state index in [-0.39, 0.29) is 23.9 Å². The molecule has 0 unspecified atom stereocenters. The second kappa shape index (κ2) is 8.19. The second-order valence-corrected chi connectivity index (χ2v) is 8.23. The zero-order valence-electron chi connectivity index (χ0n) is 16.5. The highest BCUT2D eigenvalue weighted by Crippen LogP contribution is 2.22. The van der Waals surface area contributed by atoms with E-state index in [2.05, 4.69) is 16.3 Å². The first-order valence-corrected chi connectivity index (χ1v) is 10.4. The molecule has 0 aliphatic carbocycles. The molecule has 2 aromatic carbocycles. The van der Waals surface area contributed by atoms with Gasteiger partial charge in [-0.15, -0.1) is 11.3 Å². The van der Waals surface area contributed by atoms with E-state index in [1.807, 2.05) is 78.6 Å². The summed E-state index contributed by atoms with van der Waals surface area (Å²) in [6.45, 7) is 0.689. The molecule has 2 aromatic heterocycles. The summed E-state index contributed by atoms with van der Waals surface area (Å²) in [5.41, 5.74) is 1.54. The molecule has 1 amide bonds. The van der Waals surface area contributed by atoms with Crippen molar-refractivity contribution in [2.24, 2.45) is 0 Å². The topological polar surface area (TPSA) is 54.3 Å². The molecule has 2 heterocycles. The van der Waals surface area contributed by atoms with Crippen molar-refractivity contribution < 1.29 is 4.79 Å². The van der Waals surface area contributed by atoms with Gasteiger partial charge in [0, 0.05) is 22.2 Å². The molecule has 0 radical (unpaired) electrons. The van der Waals surface area contributed by atoms with Gasteiger partial charge in [-0.2, -0.15) is 0 Å². The van der Waals surface area contributed by atoms with Crippen LogP contribution in [-0.4, -0.2) is 36.0 Å². The number of fused-ring (bicyclic) bond motifs is 2. The molecule has 1 N–H and O–H groups in total. The van der Waals surface area contributed by atoms with Crippen LogP contribution in [0.1, 0.15) is 10.9 Å². The van der Waals surface area contributed by atoms with Crippen molar-refractivity contribution in [3.05, 3.63) is 81.1 Å². The standard InChI is InChI=1S/C23H23N3O2S/c1-25(2)20(21-12-7-13-29-21)14-24-22(27)15-26-18-10-5-3-8-16(18)23(28)17-9-4-6-11-19(17)26/h3-13,20H,14-15H2,1-2H3,(H,24,27)/t20-/m0/s1. The number of amides is 1. The summed E-state index contributed by atoms with van der Waals surface area (Å²) < 4.78 is 1.93. The number of benzene rings is 2. The SMILES string of the molecule is CN(C)[C@@H](CNC(=O)Cn1c2ccccc2c(=O)c2ccccc21)c1cccs1. The summed E-state index contributed by atoms with van der Waals surface area (Å²) in [6.07, 6.45) is 0. The third kappa shape index (κ3) is 3.81. The number of likely N-dealkylation sites (N-methyl/N-ethyl adjacent to an activating group) is 1. The summed E-state index contributed by atoms with van der Waals surface area (Å²) in [5.74, 6) is -0.0765. The number of carbonyl (C=O) groups excluding carboxylic acids is 1. The minimum Gasteiger partial charge on any atom is -0.353 e. The Morgan fingerprint density at radius 2 is 1.62 bits per heavy atom. The average molecular weight is 406 g/mol. The largest absolute Gasteiger partial charge is 0.353 e. The molecule has 0 spiro atoms. The first-order chi connectivity index (χ1) is 14.1. The number of nitrogens with one attached hydrogen (secondary N) is 1. The minimum absolute atomic E-state index is 0.00164. The van der Waals surface area contributed by atoms with E-state index >= 15 is 0 Å². The lowest BCUT2D eigenvalue weighted by molar-refractivity contribution is -0.121. The fraction of sp³-hybridized carbons (Fsp3) is 0.217. The highest BCUT2D eigenvalue weighted by molar-refractivity contribution is 7.10. The number of aromatic nitrogens is 1. The number of pyridine rings is 1. The van der Waals surface area contributed by atoms with Crippen LogP contribution in [-0.2, 0) is 11.3 Å². The van der Waals surface area contributed by atoms with Crippen LogP contribution in [0.15, 0.2) is 70.8 Å². The summed E-state index contributed by atoms with van der Waals surface area (Å²) in [7, 11) is 4.03. The van der Waals surface area contributed by atoms with Crippen LogP contribution in [0.3, 0.4) is 0 Å². The average Bonchev–Trinajstić information content (AvgIpc) is 3.25. The smallest absolute Gasteiger partial charge is 0.240 e. The third-order valence-electron chi connectivity index (χ3n) is 5.17. The summed E-state index contributed by atoms with van der Waals surface area (Å²) in [5, 5.41) is 6.38. The van der Waals surface area contributed by atoms with Gasteiger partial charge in [0.05, 0.1) is 17.1 Å². The maximum absolute atomic E-state index is 12.9. The maximum atomic E-state index is 12.9. The molecule has 0 saturated carbocycles. The van der Waals surface area contributed by atoms with Crippen molar-refractivity contribution in [3.63, 3.8) is 0 Å². The Bertz CT molecular complexity index is 1150. The van der Waals surface area contributed by atoms with Gasteiger partial charge in [0.25, 0.3) is 0 Å². The van der Waals surface area contributed by atoms with Crippen molar-refractivity contribution in [1.29, 1.82) is 0 Å². The number of rotatable bonds is 6. The molecule has 0 aliphatic rings. The molecule has 148 valence electrons. The van der Waals surface area contributed by atoms with Gasteiger partial charge < -0.3 is 14.8 Å². The quantitative estimate of drug-likeness (QED) is 0.499. The lowest BCUT2D eigenvalue weighted by Crippen LogP contribution is -2.36. The monoisotopic (exact) mass is 405 g/mol. The molecule has 0 saturated heterocycles. The first kappa shape index (κ1) is 19.4. The summed E-state index contributed by atoms with van der Waals surface area (Å²) in [6, 6.07) is 19.2. The first-order valence-electron chi connectivity index (χ1n) is 9.53. The maximum Gasteiger partial charge on any atom is 0.240 e. The van der Waals surface area contributed by atoms with E-state index in [0.717, 1.165) is 11.0 Å². The van der Waals surface area contributed by atoms with Crippen LogP contribution in [0.5, 0.6) is 0 Å². The number of hydrogen-bond acceptors (Lipinski definition) is 4. The molecule has 0 aliphatic heterocycles. The molecule has 29 heavy (non-hydrogen) atoms. The van der Waals surface area contributed by atoms with E-state index in [1.165, 1.54) is 4.88 Å². The number of thiophene rings is 1. The Morgan fingerprint density at radius 3 is 2.17 bits per heavy atom. The normalized spacial score (nSPS) is 12.5. The summed E-state index contributed by atoms with van der Waals surface area (Å²) >= 11 is 1.69. The van der Waals surface area contributed by atoms with E-state index in [9.17, 15) is 9.59 Å². The fourth-order valence-electron chi connectivity index (χ4n) is 3.68. The van der Waals surface area contributed by atoms with Gasteiger partial charge in [-0.3, -0.25) is 9.59 Å². The zero-order valence-corrected chi connectivity index (χ0v) is 17.3. The molecular formula is C23H23N3O2S. The third-order valence-corrected chi connectivity index (χ3v) is 6.14. The molecule has 0 fully saturated rings. The molecule has 5 nitrogen and oxygen atoms in total. The van der Waals surface area contributed by atoms with Gasteiger partial charge in [0.1, 0.15) is 6.54 Å². The van der Waals surface area contributed by atoms with E-state index in [0.29, 0.717) is 17.3 Å². The van der Waals surface area contributed by atoms with Crippen molar-refractivity contribution >= 4 is 39.0 Å².